The van der Waals surface area contributed by atoms with E-state index in [1.807, 2.05) is 20.8 Å². The van der Waals surface area contributed by atoms with Crippen LogP contribution < -0.4 is 21.9 Å². The van der Waals surface area contributed by atoms with Crippen LogP contribution in [0, 0.1) is 12.8 Å². The predicted molar refractivity (Wildman–Crippen MR) is 120 cm³/mol. The molecule has 2 aromatic rings. The second-order valence-corrected chi connectivity index (χ2v) is 8.66. The molecule has 0 aromatic carbocycles. The summed E-state index contributed by atoms with van der Waals surface area (Å²) in [6.07, 6.45) is 2.21. The molecule has 0 saturated heterocycles. The van der Waals surface area contributed by atoms with Crippen LogP contribution in [0.5, 0.6) is 0 Å². The van der Waals surface area contributed by atoms with Crippen LogP contribution in [0.1, 0.15) is 54.0 Å². The lowest BCUT2D eigenvalue weighted by atomic mass is 10.2. The number of amides is 1. The van der Waals surface area contributed by atoms with Gasteiger partial charge in [-0.15, -0.1) is 11.3 Å². The summed E-state index contributed by atoms with van der Waals surface area (Å²) in [5, 5.41) is 0.877. The van der Waals surface area contributed by atoms with E-state index in [1.54, 1.807) is 14.0 Å². The molecular formula is C20H31N5O4S. The van der Waals surface area contributed by atoms with Crippen LogP contribution in [0.15, 0.2) is 9.59 Å². The molecule has 0 spiro atoms. The molecule has 0 saturated carbocycles. The molecule has 2 aromatic heterocycles. The van der Waals surface area contributed by atoms with Crippen LogP contribution >= 0.6 is 11.3 Å². The first-order chi connectivity index (χ1) is 14.2. The summed E-state index contributed by atoms with van der Waals surface area (Å²) in [6.45, 7) is 8.67. The van der Waals surface area contributed by atoms with Crippen molar-refractivity contribution in [3.8, 4) is 0 Å². The number of anilines is 2. The molecule has 0 radical (unpaired) electrons. The third kappa shape index (κ3) is 5.37. The van der Waals surface area contributed by atoms with Crippen molar-refractivity contribution in [2.75, 3.05) is 30.9 Å². The Balaban J connectivity index is 2.58. The number of aromatic nitrogens is 3. The lowest BCUT2D eigenvalue weighted by molar-refractivity contribution is 0.0986. The highest BCUT2D eigenvalue weighted by atomic mass is 32.1. The summed E-state index contributed by atoms with van der Waals surface area (Å²) in [5.74, 6) is -0.240. The molecule has 10 heteroatoms. The fourth-order valence-electron chi connectivity index (χ4n) is 3.16. The predicted octanol–water partition coefficient (Wildman–Crippen LogP) is 2.18. The van der Waals surface area contributed by atoms with E-state index in [9.17, 15) is 14.4 Å². The number of nitrogen functional groups attached to an aromatic ring is 1. The minimum absolute atomic E-state index is 0.0128. The zero-order valence-corrected chi connectivity index (χ0v) is 19.1. The molecule has 9 nitrogen and oxygen atoms in total. The van der Waals surface area contributed by atoms with E-state index in [0.29, 0.717) is 30.1 Å². The second kappa shape index (κ2) is 10.5. The number of hydrogen-bond donors (Lipinski definition) is 2. The number of aromatic amines is 1. The standard InChI is InChI=1S/C20H31N5O4S/c1-6-8-14-22-13(4)16(30-14)19(27)24(9-7-10-29-5)15-17(21)25(11-12(2)3)20(28)23-18(15)26/h12H,6-11,21H2,1-5H3,(H,23,26,28). The first kappa shape index (κ1) is 23.8. The van der Waals surface area contributed by atoms with Gasteiger partial charge in [0.15, 0.2) is 5.69 Å². The molecule has 0 bridgehead atoms. The SMILES string of the molecule is CCCc1nc(C)c(C(=O)N(CCCOC)c2c(N)n(CC(C)C)c(=O)[nH]c2=O)s1. The lowest BCUT2D eigenvalue weighted by Gasteiger charge is -2.24. The van der Waals surface area contributed by atoms with Gasteiger partial charge in [0.1, 0.15) is 10.7 Å². The Morgan fingerprint density at radius 1 is 1.37 bits per heavy atom. The van der Waals surface area contributed by atoms with Gasteiger partial charge in [0.2, 0.25) is 0 Å². The van der Waals surface area contributed by atoms with E-state index in [4.69, 9.17) is 10.5 Å². The van der Waals surface area contributed by atoms with Crippen molar-refractivity contribution in [3.05, 3.63) is 36.4 Å². The fourth-order valence-corrected chi connectivity index (χ4v) is 4.28. The number of carbonyl (C=O) groups is 1. The van der Waals surface area contributed by atoms with E-state index in [0.717, 1.165) is 17.8 Å². The van der Waals surface area contributed by atoms with E-state index in [2.05, 4.69) is 9.97 Å². The minimum atomic E-state index is -0.681. The minimum Gasteiger partial charge on any atom is -0.385 e. The summed E-state index contributed by atoms with van der Waals surface area (Å²) in [7, 11) is 1.57. The number of aryl methyl sites for hydroxylation is 2. The van der Waals surface area contributed by atoms with Gasteiger partial charge < -0.3 is 10.5 Å². The van der Waals surface area contributed by atoms with Crippen molar-refractivity contribution in [1.29, 1.82) is 0 Å². The zero-order chi connectivity index (χ0) is 22.4. The Kier molecular flexibility index (Phi) is 8.36. The molecule has 166 valence electrons. The molecule has 0 atom stereocenters. The van der Waals surface area contributed by atoms with Crippen molar-refractivity contribution >= 4 is 28.7 Å². The first-order valence-corrected chi connectivity index (χ1v) is 10.9. The maximum Gasteiger partial charge on any atom is 0.330 e. The van der Waals surface area contributed by atoms with Crippen LogP contribution in [0.4, 0.5) is 11.5 Å². The first-order valence-electron chi connectivity index (χ1n) is 10.1. The average molecular weight is 438 g/mol. The highest BCUT2D eigenvalue weighted by molar-refractivity contribution is 7.14. The number of nitrogens with zero attached hydrogens (tertiary/aromatic N) is 3. The maximum absolute atomic E-state index is 13.5. The zero-order valence-electron chi connectivity index (χ0n) is 18.3. The normalized spacial score (nSPS) is 11.3. The van der Waals surface area contributed by atoms with Gasteiger partial charge in [0.05, 0.1) is 10.7 Å². The number of nitrogens with two attached hydrogens (primary N) is 1. The molecule has 30 heavy (non-hydrogen) atoms. The van der Waals surface area contributed by atoms with Crippen molar-refractivity contribution in [2.24, 2.45) is 5.92 Å². The third-order valence-corrected chi connectivity index (χ3v) is 5.71. The average Bonchev–Trinajstić information content (AvgIpc) is 3.03. The number of hydrogen-bond acceptors (Lipinski definition) is 7. The van der Waals surface area contributed by atoms with Crippen LogP contribution in [-0.4, -0.2) is 40.7 Å². The maximum atomic E-state index is 13.5. The van der Waals surface area contributed by atoms with Crippen molar-refractivity contribution in [3.63, 3.8) is 0 Å². The van der Waals surface area contributed by atoms with Gasteiger partial charge >= 0.3 is 5.69 Å². The summed E-state index contributed by atoms with van der Waals surface area (Å²) in [6, 6.07) is 0. The molecule has 1 amide bonds. The Morgan fingerprint density at radius 2 is 2.07 bits per heavy atom. The Hall–Kier alpha value is -2.46. The van der Waals surface area contributed by atoms with Gasteiger partial charge in [-0.3, -0.25) is 24.0 Å². The quantitative estimate of drug-likeness (QED) is 0.549. The summed E-state index contributed by atoms with van der Waals surface area (Å²) < 4.78 is 6.41. The molecule has 0 aliphatic heterocycles. The number of methoxy groups -OCH3 is 1. The van der Waals surface area contributed by atoms with Crippen molar-refractivity contribution in [2.45, 2.75) is 53.5 Å². The van der Waals surface area contributed by atoms with Gasteiger partial charge in [-0.2, -0.15) is 0 Å². The summed E-state index contributed by atoms with van der Waals surface area (Å²) in [4.78, 5) is 47.1. The van der Waals surface area contributed by atoms with E-state index >= 15 is 0 Å². The molecule has 0 fully saturated rings. The number of rotatable bonds is 10. The van der Waals surface area contributed by atoms with Gasteiger partial charge in [-0.25, -0.2) is 9.78 Å². The number of nitrogens with one attached hydrogen (secondary N) is 1. The second-order valence-electron chi connectivity index (χ2n) is 7.57. The van der Waals surface area contributed by atoms with Crippen LogP contribution in [0.3, 0.4) is 0 Å². The molecule has 0 aliphatic carbocycles. The molecule has 2 rings (SSSR count). The van der Waals surface area contributed by atoms with E-state index in [1.165, 1.54) is 20.8 Å². The van der Waals surface area contributed by atoms with Crippen LogP contribution in [0.25, 0.3) is 0 Å². The Morgan fingerprint density at radius 3 is 2.67 bits per heavy atom. The number of thiazole rings is 1. The largest absolute Gasteiger partial charge is 0.385 e. The number of H-pyrrole nitrogens is 1. The number of carbonyl (C=O) groups excluding carboxylic acids is 1. The highest BCUT2D eigenvalue weighted by Crippen LogP contribution is 2.25. The van der Waals surface area contributed by atoms with E-state index in [-0.39, 0.29) is 29.9 Å². The third-order valence-electron chi connectivity index (χ3n) is 4.51. The van der Waals surface area contributed by atoms with E-state index < -0.39 is 11.2 Å². The van der Waals surface area contributed by atoms with Crippen LogP contribution in [-0.2, 0) is 17.7 Å². The number of ether oxygens (including phenoxy) is 1. The highest BCUT2D eigenvalue weighted by Gasteiger charge is 2.28. The van der Waals surface area contributed by atoms with Gasteiger partial charge in [-0.1, -0.05) is 20.8 Å². The Labute approximate surface area is 179 Å². The van der Waals surface area contributed by atoms with Crippen molar-refractivity contribution < 1.29 is 9.53 Å². The van der Waals surface area contributed by atoms with Crippen molar-refractivity contribution in [1.82, 2.24) is 14.5 Å². The molecule has 0 aliphatic rings. The molecular weight excluding hydrogens is 406 g/mol. The van der Waals surface area contributed by atoms with Gasteiger partial charge in [0.25, 0.3) is 11.5 Å². The smallest absolute Gasteiger partial charge is 0.330 e. The Bertz CT molecular complexity index is 992. The van der Waals surface area contributed by atoms with Gasteiger partial charge in [-0.05, 0) is 32.1 Å². The van der Waals surface area contributed by atoms with Crippen LogP contribution in [0.2, 0.25) is 0 Å². The molecule has 3 N–H and O–H groups in total. The molecule has 0 unspecified atom stereocenters. The monoisotopic (exact) mass is 437 g/mol. The summed E-state index contributed by atoms with van der Waals surface area (Å²) in [5.41, 5.74) is 5.59. The lowest BCUT2D eigenvalue weighted by Crippen LogP contribution is -2.42. The topological polar surface area (TPSA) is 123 Å². The fraction of sp³-hybridized carbons (Fsp3) is 0.600. The summed E-state index contributed by atoms with van der Waals surface area (Å²) >= 11 is 1.33. The molecule has 2 heterocycles. The van der Waals surface area contributed by atoms with Gasteiger partial charge in [0, 0.05) is 26.8 Å².